The van der Waals surface area contributed by atoms with Gasteiger partial charge in [0.25, 0.3) is 0 Å². The Kier molecular flexibility index (Phi) is 5.26. The van der Waals surface area contributed by atoms with E-state index >= 15 is 0 Å². The van der Waals surface area contributed by atoms with Gasteiger partial charge in [-0.2, -0.15) is 0 Å². The fraction of sp³-hybridized carbons (Fsp3) is 0.190. The van der Waals surface area contributed by atoms with Crippen molar-refractivity contribution >= 4 is 34.2 Å². The minimum Gasteiger partial charge on any atom is -0.507 e. The van der Waals surface area contributed by atoms with Crippen molar-refractivity contribution in [2.45, 2.75) is 0 Å². The molecule has 0 aliphatic carbocycles. The van der Waals surface area contributed by atoms with Crippen molar-refractivity contribution in [3.63, 3.8) is 0 Å². The summed E-state index contributed by atoms with van der Waals surface area (Å²) in [6, 6.07) is 4.99. The van der Waals surface area contributed by atoms with Gasteiger partial charge in [0.1, 0.15) is 17.9 Å². The molecule has 9 heteroatoms. The first kappa shape index (κ1) is 20.0. The summed E-state index contributed by atoms with van der Waals surface area (Å²) in [4.78, 5) is 24.1. The molecule has 1 aliphatic heterocycles. The molecule has 1 aromatic heterocycles. The summed E-state index contributed by atoms with van der Waals surface area (Å²) in [7, 11) is 0. The topological polar surface area (TPSA) is 69.6 Å². The van der Waals surface area contributed by atoms with E-state index in [1.165, 1.54) is 18.5 Å². The molecule has 0 spiro atoms. The van der Waals surface area contributed by atoms with Crippen LogP contribution in [0.15, 0.2) is 43.2 Å². The number of aromatic nitrogens is 2. The van der Waals surface area contributed by atoms with Gasteiger partial charge in [-0.05, 0) is 30.3 Å². The summed E-state index contributed by atoms with van der Waals surface area (Å²) in [5.74, 6) is -2.19. The number of fused-ring (bicyclic) bond motifs is 1. The third-order valence-electron chi connectivity index (χ3n) is 5.11. The van der Waals surface area contributed by atoms with Crippen LogP contribution in [0.5, 0.6) is 5.75 Å². The van der Waals surface area contributed by atoms with Crippen LogP contribution < -0.4 is 4.90 Å². The lowest BCUT2D eigenvalue weighted by molar-refractivity contribution is -0.126. The summed E-state index contributed by atoms with van der Waals surface area (Å²) in [6.45, 7) is 5.66. The van der Waals surface area contributed by atoms with Crippen LogP contribution >= 0.6 is 11.6 Å². The lowest BCUT2D eigenvalue weighted by Gasteiger charge is -2.35. The minimum absolute atomic E-state index is 0.119. The number of carbonyl (C=O) groups excluding carboxylic acids is 1. The Balaban J connectivity index is 1.75. The smallest absolute Gasteiger partial charge is 0.246 e. The van der Waals surface area contributed by atoms with Crippen LogP contribution in [-0.2, 0) is 4.79 Å². The quantitative estimate of drug-likeness (QED) is 0.640. The number of aromatic hydroxyl groups is 1. The normalized spacial score (nSPS) is 14.2. The number of benzene rings is 2. The molecule has 1 amide bonds. The first-order valence-corrected chi connectivity index (χ1v) is 9.56. The molecule has 3 aromatic rings. The molecule has 1 saturated heterocycles. The number of phenols is 1. The van der Waals surface area contributed by atoms with Crippen LogP contribution in [0.25, 0.3) is 22.0 Å². The van der Waals surface area contributed by atoms with Crippen LogP contribution in [0.3, 0.4) is 0 Å². The Hall–Kier alpha value is -3.26. The van der Waals surface area contributed by atoms with Crippen molar-refractivity contribution in [3.05, 3.63) is 59.9 Å². The van der Waals surface area contributed by atoms with E-state index < -0.39 is 17.4 Å². The molecule has 154 valence electrons. The molecule has 6 nitrogen and oxygen atoms in total. The first-order chi connectivity index (χ1) is 14.4. The number of carbonyl (C=O) groups is 1. The summed E-state index contributed by atoms with van der Waals surface area (Å²) in [5.41, 5.74) is 0.274. The fourth-order valence-electron chi connectivity index (χ4n) is 3.57. The highest BCUT2D eigenvalue weighted by atomic mass is 35.5. The highest BCUT2D eigenvalue weighted by molar-refractivity contribution is 6.34. The lowest BCUT2D eigenvalue weighted by atomic mass is 10.0. The number of phenolic OH excluding ortho intramolecular Hbond substituents is 1. The van der Waals surface area contributed by atoms with Gasteiger partial charge in [-0.1, -0.05) is 18.2 Å². The maximum Gasteiger partial charge on any atom is 0.246 e. The van der Waals surface area contributed by atoms with E-state index in [1.807, 2.05) is 4.90 Å². The first-order valence-electron chi connectivity index (χ1n) is 9.18. The second-order valence-corrected chi connectivity index (χ2v) is 7.23. The third-order valence-corrected chi connectivity index (χ3v) is 5.42. The Morgan fingerprint density at radius 1 is 1.17 bits per heavy atom. The molecule has 2 aromatic carbocycles. The molecule has 1 N–H and O–H groups in total. The van der Waals surface area contributed by atoms with E-state index in [-0.39, 0.29) is 22.1 Å². The van der Waals surface area contributed by atoms with Gasteiger partial charge in [0.15, 0.2) is 11.6 Å². The van der Waals surface area contributed by atoms with Crippen LogP contribution in [0.1, 0.15) is 0 Å². The Morgan fingerprint density at radius 2 is 1.90 bits per heavy atom. The Bertz CT molecular complexity index is 1160. The molecule has 1 fully saturated rings. The summed E-state index contributed by atoms with van der Waals surface area (Å²) in [6.07, 6.45) is 2.66. The van der Waals surface area contributed by atoms with Gasteiger partial charge >= 0.3 is 0 Å². The number of piperazine rings is 1. The predicted octanol–water partition coefficient (Wildman–Crippen LogP) is 3.77. The van der Waals surface area contributed by atoms with Gasteiger partial charge in [-0.25, -0.2) is 18.7 Å². The number of rotatable bonds is 3. The van der Waals surface area contributed by atoms with E-state index in [2.05, 4.69) is 16.5 Å². The number of anilines is 1. The molecular weight excluding hydrogens is 414 g/mol. The van der Waals surface area contributed by atoms with Crippen molar-refractivity contribution in [2.75, 3.05) is 31.1 Å². The molecular formula is C21H17ClF2N4O2. The maximum absolute atomic E-state index is 14.4. The maximum atomic E-state index is 14.4. The molecule has 0 atom stereocenters. The van der Waals surface area contributed by atoms with Crippen molar-refractivity contribution in [1.29, 1.82) is 0 Å². The van der Waals surface area contributed by atoms with Crippen LogP contribution in [0.2, 0.25) is 5.02 Å². The molecule has 0 saturated carbocycles. The van der Waals surface area contributed by atoms with Gasteiger partial charge in [-0.15, -0.1) is 0 Å². The van der Waals surface area contributed by atoms with Crippen molar-refractivity contribution < 1.29 is 18.7 Å². The zero-order valence-corrected chi connectivity index (χ0v) is 16.5. The van der Waals surface area contributed by atoms with Gasteiger partial charge in [0, 0.05) is 42.2 Å². The zero-order valence-electron chi connectivity index (χ0n) is 15.8. The molecule has 0 bridgehead atoms. The monoisotopic (exact) mass is 430 g/mol. The SMILES string of the molecule is C=CC(=O)N1CCN(c2ncnc3cc(-c4c(O)ccc(F)c4F)c(Cl)cc23)CC1. The number of hydrogen-bond acceptors (Lipinski definition) is 5. The van der Waals surface area contributed by atoms with Crippen molar-refractivity contribution in [2.24, 2.45) is 0 Å². The number of halogens is 3. The van der Waals surface area contributed by atoms with Crippen LogP contribution in [0, 0.1) is 11.6 Å². The molecule has 4 rings (SSSR count). The van der Waals surface area contributed by atoms with Crippen LogP contribution in [-0.4, -0.2) is 52.1 Å². The average molecular weight is 431 g/mol. The van der Waals surface area contributed by atoms with Crippen molar-refractivity contribution in [3.8, 4) is 16.9 Å². The molecule has 0 radical (unpaired) electrons. The third kappa shape index (κ3) is 3.43. The number of nitrogens with zero attached hydrogens (tertiary/aromatic N) is 4. The van der Waals surface area contributed by atoms with Gasteiger partial charge in [-0.3, -0.25) is 4.79 Å². The average Bonchev–Trinajstić information content (AvgIpc) is 2.76. The van der Waals surface area contributed by atoms with Gasteiger partial charge in [0.05, 0.1) is 11.1 Å². The minimum atomic E-state index is -1.19. The molecule has 2 heterocycles. The molecule has 1 aliphatic rings. The van der Waals surface area contributed by atoms with E-state index in [0.29, 0.717) is 42.9 Å². The van der Waals surface area contributed by atoms with Crippen LogP contribution in [0.4, 0.5) is 14.6 Å². The summed E-state index contributed by atoms with van der Waals surface area (Å²) >= 11 is 6.39. The molecule has 30 heavy (non-hydrogen) atoms. The summed E-state index contributed by atoms with van der Waals surface area (Å²) < 4.78 is 28.1. The Labute approximate surface area is 176 Å². The largest absolute Gasteiger partial charge is 0.507 e. The zero-order chi connectivity index (χ0) is 21.4. The van der Waals surface area contributed by atoms with E-state index in [9.17, 15) is 18.7 Å². The standard InChI is InChI=1S/C21H17ClF2N4O2/c1-2-18(30)27-5-7-28(8-6-27)21-13-9-14(22)12(10-16(13)25-11-26-21)19-17(29)4-3-15(23)20(19)24/h2-4,9-11,29H,1,5-8H2. The molecule has 0 unspecified atom stereocenters. The van der Waals surface area contributed by atoms with Gasteiger partial charge < -0.3 is 14.9 Å². The van der Waals surface area contributed by atoms with Gasteiger partial charge in [0.2, 0.25) is 5.91 Å². The highest BCUT2D eigenvalue weighted by Gasteiger charge is 2.24. The second-order valence-electron chi connectivity index (χ2n) is 6.82. The Morgan fingerprint density at radius 3 is 2.60 bits per heavy atom. The lowest BCUT2D eigenvalue weighted by Crippen LogP contribution is -2.48. The highest BCUT2D eigenvalue weighted by Crippen LogP contribution is 2.40. The van der Waals surface area contributed by atoms with E-state index in [1.54, 1.807) is 11.0 Å². The fourth-order valence-corrected chi connectivity index (χ4v) is 3.83. The number of hydrogen-bond donors (Lipinski definition) is 1. The van der Waals surface area contributed by atoms with E-state index in [0.717, 1.165) is 12.1 Å². The number of amides is 1. The predicted molar refractivity (Wildman–Crippen MR) is 111 cm³/mol. The van der Waals surface area contributed by atoms with E-state index in [4.69, 9.17) is 11.6 Å². The second kappa shape index (κ2) is 7.87. The summed E-state index contributed by atoms with van der Waals surface area (Å²) in [5, 5.41) is 10.8. The van der Waals surface area contributed by atoms with Crippen molar-refractivity contribution in [1.82, 2.24) is 14.9 Å².